The van der Waals surface area contributed by atoms with Crippen LogP contribution in [0.15, 0.2) is 0 Å². The van der Waals surface area contributed by atoms with Crippen molar-refractivity contribution >= 4 is 0 Å². The topological polar surface area (TPSA) is 39.1 Å². The zero-order valence-electron chi connectivity index (χ0n) is 11.1. The van der Waals surface area contributed by atoms with Gasteiger partial charge in [0.25, 0.3) is 0 Å². The molecule has 1 saturated carbocycles. The average Bonchev–Trinajstić information content (AvgIpc) is 2.15. The molecule has 3 heteroatoms. The minimum Gasteiger partial charge on any atom is -0.308 e. The molecule has 1 aliphatic rings. The second-order valence-corrected chi connectivity index (χ2v) is 6.12. The van der Waals surface area contributed by atoms with Crippen LogP contribution in [0.5, 0.6) is 0 Å². The highest BCUT2D eigenvalue weighted by Gasteiger charge is 2.39. The van der Waals surface area contributed by atoms with Gasteiger partial charge in [-0.05, 0) is 38.8 Å². The highest BCUT2D eigenvalue weighted by Crippen LogP contribution is 2.40. The molecule has 1 atom stereocenters. The second-order valence-electron chi connectivity index (χ2n) is 6.12. The number of hydrogen-bond acceptors (Lipinski definition) is 3. The summed E-state index contributed by atoms with van der Waals surface area (Å²) in [6.07, 6.45) is 4.38. The van der Waals surface area contributed by atoms with Gasteiger partial charge in [0.1, 0.15) is 5.54 Å². The lowest BCUT2D eigenvalue weighted by Gasteiger charge is -2.41. The number of nitrogens with one attached hydrogen (secondary N) is 1. The van der Waals surface area contributed by atoms with Crippen LogP contribution in [-0.4, -0.2) is 37.6 Å². The zero-order valence-corrected chi connectivity index (χ0v) is 11.1. The average molecular weight is 223 g/mol. The lowest BCUT2D eigenvalue weighted by Crippen LogP contribution is -2.51. The summed E-state index contributed by atoms with van der Waals surface area (Å²) in [4.78, 5) is 2.14. The Labute approximate surface area is 99.8 Å². The first-order chi connectivity index (χ1) is 7.39. The van der Waals surface area contributed by atoms with Crippen LogP contribution in [0.4, 0.5) is 0 Å². The van der Waals surface area contributed by atoms with Crippen molar-refractivity contribution in [3.63, 3.8) is 0 Å². The standard InChI is InChI=1S/C13H25N3/c1-12(2)6-5-7-13(10-12,11-14)15-8-9-16(3)4/h15H,5-10H2,1-4H3. The normalized spacial score (nSPS) is 29.0. The Bertz CT molecular complexity index is 265. The van der Waals surface area contributed by atoms with Gasteiger partial charge in [-0.3, -0.25) is 5.32 Å². The molecule has 16 heavy (non-hydrogen) atoms. The maximum absolute atomic E-state index is 9.41. The third-order valence-corrected chi connectivity index (χ3v) is 3.47. The smallest absolute Gasteiger partial charge is 0.107 e. The molecule has 0 aliphatic heterocycles. The maximum atomic E-state index is 9.41. The molecule has 1 unspecified atom stereocenters. The molecule has 0 aromatic rings. The summed E-state index contributed by atoms with van der Waals surface area (Å²) >= 11 is 0. The number of likely N-dealkylation sites (N-methyl/N-ethyl adjacent to an activating group) is 1. The van der Waals surface area contributed by atoms with E-state index in [-0.39, 0.29) is 5.54 Å². The predicted molar refractivity (Wildman–Crippen MR) is 67.1 cm³/mol. The molecule has 0 spiro atoms. The van der Waals surface area contributed by atoms with Crippen LogP contribution in [-0.2, 0) is 0 Å². The number of nitrogens with zero attached hydrogens (tertiary/aromatic N) is 2. The third kappa shape index (κ3) is 3.77. The number of rotatable bonds is 4. The highest BCUT2D eigenvalue weighted by atomic mass is 15.1. The van der Waals surface area contributed by atoms with Crippen molar-refractivity contribution < 1.29 is 0 Å². The van der Waals surface area contributed by atoms with Crippen molar-refractivity contribution in [3.8, 4) is 6.07 Å². The van der Waals surface area contributed by atoms with E-state index >= 15 is 0 Å². The summed E-state index contributed by atoms with van der Waals surface area (Å²) in [6, 6.07) is 2.52. The molecule has 0 bridgehead atoms. The first-order valence-corrected chi connectivity index (χ1v) is 6.20. The number of nitriles is 1. The van der Waals surface area contributed by atoms with E-state index in [0.29, 0.717) is 5.41 Å². The van der Waals surface area contributed by atoms with E-state index in [1.54, 1.807) is 0 Å². The van der Waals surface area contributed by atoms with Gasteiger partial charge >= 0.3 is 0 Å². The molecule has 1 N–H and O–H groups in total. The van der Waals surface area contributed by atoms with Crippen molar-refractivity contribution in [3.05, 3.63) is 0 Å². The fraction of sp³-hybridized carbons (Fsp3) is 0.923. The molecule has 0 saturated heterocycles. The van der Waals surface area contributed by atoms with Gasteiger partial charge < -0.3 is 4.90 Å². The van der Waals surface area contributed by atoms with Gasteiger partial charge in [-0.2, -0.15) is 5.26 Å². The third-order valence-electron chi connectivity index (χ3n) is 3.47. The van der Waals surface area contributed by atoms with E-state index in [0.717, 1.165) is 32.4 Å². The van der Waals surface area contributed by atoms with Gasteiger partial charge in [-0.25, -0.2) is 0 Å². The first kappa shape index (κ1) is 13.5. The van der Waals surface area contributed by atoms with Gasteiger partial charge in [0, 0.05) is 13.1 Å². The highest BCUT2D eigenvalue weighted by molar-refractivity contribution is 5.11. The van der Waals surface area contributed by atoms with Crippen molar-refractivity contribution in [2.75, 3.05) is 27.2 Å². The molecule has 92 valence electrons. The summed E-state index contributed by atoms with van der Waals surface area (Å²) in [5, 5.41) is 12.9. The van der Waals surface area contributed by atoms with E-state index in [9.17, 15) is 5.26 Å². The second kappa shape index (κ2) is 5.16. The summed E-state index contributed by atoms with van der Waals surface area (Å²) in [5.41, 5.74) is 0.0247. The summed E-state index contributed by atoms with van der Waals surface area (Å²) in [6.45, 7) is 6.43. The summed E-state index contributed by atoms with van der Waals surface area (Å²) in [5.74, 6) is 0. The van der Waals surface area contributed by atoms with Crippen molar-refractivity contribution in [1.29, 1.82) is 5.26 Å². The maximum Gasteiger partial charge on any atom is 0.107 e. The minimum absolute atomic E-state index is 0.280. The van der Waals surface area contributed by atoms with Gasteiger partial charge in [0.05, 0.1) is 6.07 Å². The van der Waals surface area contributed by atoms with Crippen LogP contribution in [0.2, 0.25) is 0 Å². The molecule has 1 rings (SSSR count). The van der Waals surface area contributed by atoms with Gasteiger partial charge in [-0.1, -0.05) is 20.3 Å². The summed E-state index contributed by atoms with van der Waals surface area (Å²) in [7, 11) is 4.12. The molecule has 1 aliphatic carbocycles. The van der Waals surface area contributed by atoms with Gasteiger partial charge in [-0.15, -0.1) is 0 Å². The fourth-order valence-electron chi connectivity index (χ4n) is 2.67. The molecule has 0 amide bonds. The molecule has 0 aromatic carbocycles. The van der Waals surface area contributed by atoms with E-state index in [1.807, 2.05) is 0 Å². The Hall–Kier alpha value is -0.590. The lowest BCUT2D eigenvalue weighted by atomic mass is 9.68. The van der Waals surface area contributed by atoms with Gasteiger partial charge in [0.2, 0.25) is 0 Å². The fourth-order valence-corrected chi connectivity index (χ4v) is 2.67. The number of hydrogen-bond donors (Lipinski definition) is 1. The predicted octanol–water partition coefficient (Wildman–Crippen LogP) is 2.00. The van der Waals surface area contributed by atoms with Crippen molar-refractivity contribution in [2.45, 2.75) is 45.1 Å². The molecule has 0 radical (unpaired) electrons. The van der Waals surface area contributed by atoms with Crippen LogP contribution in [0.3, 0.4) is 0 Å². The van der Waals surface area contributed by atoms with Crippen LogP contribution in [0, 0.1) is 16.7 Å². The van der Waals surface area contributed by atoms with E-state index < -0.39 is 0 Å². The van der Waals surface area contributed by atoms with Crippen LogP contribution in [0.25, 0.3) is 0 Å². The van der Waals surface area contributed by atoms with Crippen LogP contribution < -0.4 is 5.32 Å². The quantitative estimate of drug-likeness (QED) is 0.792. The van der Waals surface area contributed by atoms with Crippen molar-refractivity contribution in [1.82, 2.24) is 10.2 Å². The summed E-state index contributed by atoms with van der Waals surface area (Å²) < 4.78 is 0. The van der Waals surface area contributed by atoms with E-state index in [4.69, 9.17) is 0 Å². The Balaban J connectivity index is 2.54. The van der Waals surface area contributed by atoms with Crippen LogP contribution >= 0.6 is 0 Å². The molecular weight excluding hydrogens is 198 g/mol. The molecule has 1 fully saturated rings. The van der Waals surface area contributed by atoms with Crippen molar-refractivity contribution in [2.24, 2.45) is 5.41 Å². The first-order valence-electron chi connectivity index (χ1n) is 6.20. The molecule has 0 aromatic heterocycles. The SMILES string of the molecule is CN(C)CCNC1(C#N)CCCC(C)(C)C1. The van der Waals surface area contributed by atoms with Gasteiger partial charge in [0.15, 0.2) is 0 Å². The minimum atomic E-state index is -0.280. The Morgan fingerprint density at radius 3 is 2.50 bits per heavy atom. The lowest BCUT2D eigenvalue weighted by molar-refractivity contribution is 0.155. The van der Waals surface area contributed by atoms with E-state index in [1.165, 1.54) is 6.42 Å². The molecular formula is C13H25N3. The Morgan fingerprint density at radius 1 is 1.31 bits per heavy atom. The monoisotopic (exact) mass is 223 g/mol. The largest absolute Gasteiger partial charge is 0.308 e. The molecule has 3 nitrogen and oxygen atoms in total. The Kier molecular flexibility index (Phi) is 4.35. The zero-order chi connectivity index (χ0) is 12.2. The Morgan fingerprint density at radius 2 is 2.00 bits per heavy atom. The van der Waals surface area contributed by atoms with E-state index in [2.05, 4.69) is 44.2 Å². The molecule has 0 heterocycles. The van der Waals surface area contributed by atoms with Crippen LogP contribution in [0.1, 0.15) is 39.5 Å².